The van der Waals surface area contributed by atoms with Gasteiger partial charge in [0, 0.05) is 24.9 Å². The first kappa shape index (κ1) is 20.4. The van der Waals surface area contributed by atoms with E-state index in [9.17, 15) is 4.79 Å². The normalized spacial score (nSPS) is 41.2. The third-order valence-electron chi connectivity index (χ3n) is 8.87. The van der Waals surface area contributed by atoms with Gasteiger partial charge >= 0.3 is 5.97 Å². The Morgan fingerprint density at radius 2 is 2.13 bits per heavy atom. The summed E-state index contributed by atoms with van der Waals surface area (Å²) in [7, 11) is 0. The molecule has 4 heteroatoms. The van der Waals surface area contributed by atoms with Crippen molar-refractivity contribution >= 4 is 5.97 Å². The first-order valence-electron chi connectivity index (χ1n) is 12.2. The number of furan rings is 1. The van der Waals surface area contributed by atoms with Crippen LogP contribution in [0.1, 0.15) is 70.5 Å². The van der Waals surface area contributed by atoms with E-state index in [0.29, 0.717) is 23.8 Å². The molecule has 0 radical (unpaired) electrons. The molecule has 0 unspecified atom stereocenters. The molecule has 0 amide bonds. The molecule has 30 heavy (non-hydrogen) atoms. The second-order valence-electron chi connectivity index (χ2n) is 10.7. The van der Waals surface area contributed by atoms with E-state index in [-0.39, 0.29) is 23.4 Å². The molecule has 1 aliphatic heterocycles. The van der Waals surface area contributed by atoms with Crippen LogP contribution in [0.15, 0.2) is 35.0 Å². The number of hydrogen-bond acceptors (Lipinski definition) is 4. The third kappa shape index (κ3) is 3.77. The van der Waals surface area contributed by atoms with Gasteiger partial charge in [0.05, 0.1) is 12.2 Å². The number of rotatable bonds is 5. The van der Waals surface area contributed by atoms with Gasteiger partial charge in [-0.1, -0.05) is 31.9 Å². The summed E-state index contributed by atoms with van der Waals surface area (Å²) in [4.78, 5) is 12.8. The van der Waals surface area contributed by atoms with Gasteiger partial charge in [-0.05, 0) is 74.3 Å². The minimum Gasteiger partial charge on any atom is -0.469 e. The van der Waals surface area contributed by atoms with Crippen molar-refractivity contribution < 1.29 is 13.9 Å². The molecule has 0 spiro atoms. The van der Waals surface area contributed by atoms with Crippen LogP contribution in [0.25, 0.3) is 0 Å². The molecule has 4 nitrogen and oxygen atoms in total. The zero-order chi connectivity index (χ0) is 20.7. The Hall–Kier alpha value is -1.55. The predicted molar refractivity (Wildman–Crippen MR) is 117 cm³/mol. The van der Waals surface area contributed by atoms with Crippen LogP contribution in [-0.4, -0.2) is 24.7 Å². The maximum atomic E-state index is 12.8. The number of allylic oxidation sites excluding steroid dienone is 1. The fourth-order valence-corrected chi connectivity index (χ4v) is 7.18. The summed E-state index contributed by atoms with van der Waals surface area (Å²) >= 11 is 0. The number of fused-ring (bicyclic) bond motifs is 2. The fraction of sp³-hybridized carbons (Fsp3) is 0.731. The SMILES string of the molecule is C=C1CCC[C@]2(C)C[C@H]3OC(=O)[C@@H](CN[C@@H]4CCCC[C@@H]4Cc4ccco4)[C@H]3C[C@H]12. The van der Waals surface area contributed by atoms with Crippen molar-refractivity contribution in [3.63, 3.8) is 0 Å². The van der Waals surface area contributed by atoms with Gasteiger partial charge in [0.15, 0.2) is 0 Å². The topological polar surface area (TPSA) is 51.5 Å². The number of ether oxygens (including phenoxy) is 1. The standard InChI is InChI=1S/C26H37NO3/c1-17-7-5-11-26(2)15-24-20(14-22(17)26)21(25(28)30-24)16-27-23-10-4-3-8-18(23)13-19-9-6-12-29-19/h6,9,12,18,20-24,27H,1,3-5,7-8,10-11,13-16H2,2H3/t18-,20-,21+,22-,23-,24-,26-/m1/s1. The summed E-state index contributed by atoms with van der Waals surface area (Å²) in [6.07, 6.45) is 13.6. The lowest BCUT2D eigenvalue weighted by Crippen LogP contribution is -2.47. The van der Waals surface area contributed by atoms with Gasteiger partial charge in [-0.25, -0.2) is 0 Å². The molecule has 3 saturated carbocycles. The molecule has 3 aliphatic carbocycles. The summed E-state index contributed by atoms with van der Waals surface area (Å²) in [6, 6.07) is 4.53. The molecule has 1 aromatic rings. The summed E-state index contributed by atoms with van der Waals surface area (Å²) in [6.45, 7) is 7.58. The second-order valence-corrected chi connectivity index (χ2v) is 10.7. The van der Waals surface area contributed by atoms with Crippen LogP contribution in [0.5, 0.6) is 0 Å². The van der Waals surface area contributed by atoms with E-state index in [1.54, 1.807) is 6.26 Å². The molecule has 0 aromatic carbocycles. The van der Waals surface area contributed by atoms with Gasteiger partial charge < -0.3 is 14.5 Å². The summed E-state index contributed by atoms with van der Waals surface area (Å²) in [5.74, 6) is 2.61. The lowest BCUT2D eigenvalue weighted by Gasteiger charge is -2.50. The van der Waals surface area contributed by atoms with Gasteiger partial charge in [0.2, 0.25) is 0 Å². The van der Waals surface area contributed by atoms with E-state index >= 15 is 0 Å². The van der Waals surface area contributed by atoms with Crippen molar-refractivity contribution in [3.8, 4) is 0 Å². The minimum atomic E-state index is 0.000431. The Morgan fingerprint density at radius 1 is 1.27 bits per heavy atom. The van der Waals surface area contributed by atoms with Crippen LogP contribution in [0.3, 0.4) is 0 Å². The lowest BCUT2D eigenvalue weighted by atomic mass is 9.55. The lowest BCUT2D eigenvalue weighted by molar-refractivity contribution is -0.146. The van der Waals surface area contributed by atoms with E-state index in [1.807, 2.05) is 6.07 Å². The van der Waals surface area contributed by atoms with Crippen molar-refractivity contribution in [3.05, 3.63) is 36.3 Å². The van der Waals surface area contributed by atoms with Gasteiger partial charge in [-0.3, -0.25) is 4.79 Å². The number of carbonyl (C=O) groups excluding carboxylic acids is 1. The van der Waals surface area contributed by atoms with Crippen molar-refractivity contribution in [2.45, 2.75) is 83.3 Å². The highest BCUT2D eigenvalue weighted by Gasteiger charge is 2.55. The van der Waals surface area contributed by atoms with Gasteiger partial charge in [-0.2, -0.15) is 0 Å². The molecular weight excluding hydrogens is 374 g/mol. The molecule has 1 N–H and O–H groups in total. The summed E-state index contributed by atoms with van der Waals surface area (Å²) < 4.78 is 11.6. The van der Waals surface area contributed by atoms with E-state index < -0.39 is 0 Å². The maximum absolute atomic E-state index is 12.8. The van der Waals surface area contributed by atoms with E-state index in [1.165, 1.54) is 44.1 Å². The molecule has 7 atom stereocenters. The van der Waals surface area contributed by atoms with E-state index in [4.69, 9.17) is 9.15 Å². The van der Waals surface area contributed by atoms with Crippen LogP contribution in [0, 0.1) is 29.1 Å². The molecule has 5 rings (SSSR count). The number of carbonyl (C=O) groups is 1. The Balaban J connectivity index is 1.24. The van der Waals surface area contributed by atoms with Gasteiger partial charge in [0.25, 0.3) is 0 Å². The number of esters is 1. The highest BCUT2D eigenvalue weighted by molar-refractivity contribution is 5.75. The Labute approximate surface area is 180 Å². The van der Waals surface area contributed by atoms with Crippen LogP contribution in [-0.2, 0) is 16.0 Å². The van der Waals surface area contributed by atoms with E-state index in [2.05, 4.69) is 24.9 Å². The molecule has 1 aromatic heterocycles. The number of hydrogen-bond donors (Lipinski definition) is 1. The highest BCUT2D eigenvalue weighted by atomic mass is 16.6. The smallest absolute Gasteiger partial charge is 0.310 e. The van der Waals surface area contributed by atoms with Crippen LogP contribution >= 0.6 is 0 Å². The Bertz CT molecular complexity index is 771. The van der Waals surface area contributed by atoms with Crippen LogP contribution in [0.4, 0.5) is 0 Å². The zero-order valence-corrected chi connectivity index (χ0v) is 18.4. The molecule has 2 heterocycles. The first-order chi connectivity index (χ1) is 14.5. The predicted octanol–water partition coefficient (Wildman–Crippen LogP) is 5.28. The monoisotopic (exact) mass is 411 g/mol. The Morgan fingerprint density at radius 3 is 2.97 bits per heavy atom. The Kier molecular flexibility index (Phi) is 5.55. The zero-order valence-electron chi connectivity index (χ0n) is 18.4. The van der Waals surface area contributed by atoms with Crippen molar-refractivity contribution in [2.24, 2.45) is 29.1 Å². The fourth-order valence-electron chi connectivity index (χ4n) is 7.18. The first-order valence-corrected chi connectivity index (χ1v) is 12.2. The van der Waals surface area contributed by atoms with Crippen molar-refractivity contribution in [1.29, 1.82) is 0 Å². The molecule has 1 saturated heterocycles. The second kappa shape index (κ2) is 8.18. The largest absolute Gasteiger partial charge is 0.469 e. The average Bonchev–Trinajstić information content (AvgIpc) is 3.33. The molecule has 0 bridgehead atoms. The van der Waals surface area contributed by atoms with Crippen LogP contribution in [0.2, 0.25) is 0 Å². The molecule has 164 valence electrons. The van der Waals surface area contributed by atoms with E-state index in [0.717, 1.165) is 38.0 Å². The molecule has 4 fully saturated rings. The van der Waals surface area contributed by atoms with Gasteiger partial charge in [0.1, 0.15) is 11.9 Å². The van der Waals surface area contributed by atoms with Gasteiger partial charge in [-0.15, -0.1) is 0 Å². The summed E-state index contributed by atoms with van der Waals surface area (Å²) in [5, 5.41) is 3.82. The van der Waals surface area contributed by atoms with Crippen LogP contribution < -0.4 is 5.32 Å². The maximum Gasteiger partial charge on any atom is 0.310 e. The third-order valence-corrected chi connectivity index (χ3v) is 8.87. The summed E-state index contributed by atoms with van der Waals surface area (Å²) in [5.41, 5.74) is 1.69. The average molecular weight is 412 g/mol. The molecular formula is C26H37NO3. The van der Waals surface area contributed by atoms with Crippen molar-refractivity contribution in [2.75, 3.05) is 6.54 Å². The minimum absolute atomic E-state index is 0.000431. The molecule has 4 aliphatic rings. The van der Waals surface area contributed by atoms with Crippen molar-refractivity contribution in [1.82, 2.24) is 5.32 Å². The highest BCUT2D eigenvalue weighted by Crippen LogP contribution is 2.56. The quantitative estimate of drug-likeness (QED) is 0.529. The number of nitrogens with one attached hydrogen (secondary N) is 1.